The van der Waals surface area contributed by atoms with Crippen LogP contribution in [0.3, 0.4) is 0 Å². The van der Waals surface area contributed by atoms with E-state index >= 15 is 0 Å². The summed E-state index contributed by atoms with van der Waals surface area (Å²) in [6.07, 6.45) is 9.91. The van der Waals surface area contributed by atoms with Gasteiger partial charge in [0.25, 0.3) is 6.47 Å². The third-order valence-corrected chi connectivity index (χ3v) is 7.95. The number of carboxylic acid groups (broad SMARTS) is 2. The van der Waals surface area contributed by atoms with E-state index in [1.54, 1.807) is 0 Å². The standard InChI is InChI=1S/C28H35N3O2.CH2O2/c1-19-14-15-22-24(30(19)2)16-17-25-27(22)29-26(31(25)21-12-8-3-4-9-13-21)18-23(28(32)33)20-10-6-5-7-11-20;2-1-3/h5-7,10-11,16-17,19,21,23H,3-4,8-9,12-15,18H2,1-2H3,(H,32,33);1H,(H,2,3). The van der Waals surface area contributed by atoms with E-state index in [9.17, 15) is 9.90 Å². The van der Waals surface area contributed by atoms with Gasteiger partial charge in [0.05, 0.1) is 17.0 Å². The van der Waals surface area contributed by atoms with E-state index in [4.69, 9.17) is 14.9 Å². The van der Waals surface area contributed by atoms with E-state index in [-0.39, 0.29) is 6.47 Å². The summed E-state index contributed by atoms with van der Waals surface area (Å²) in [4.78, 5) is 28.3. The Balaban J connectivity index is 0.000000967. The van der Waals surface area contributed by atoms with Gasteiger partial charge in [0.2, 0.25) is 0 Å². The summed E-state index contributed by atoms with van der Waals surface area (Å²) in [6.45, 7) is 2.03. The zero-order valence-corrected chi connectivity index (χ0v) is 21.3. The summed E-state index contributed by atoms with van der Waals surface area (Å²) in [7, 11) is 2.17. The Labute approximate surface area is 212 Å². The number of hydrogen-bond acceptors (Lipinski definition) is 4. The molecule has 2 atom stereocenters. The lowest BCUT2D eigenvalue weighted by molar-refractivity contribution is -0.138. The van der Waals surface area contributed by atoms with E-state index in [1.165, 1.54) is 42.5 Å². The van der Waals surface area contributed by atoms with E-state index in [0.717, 1.165) is 42.6 Å². The largest absolute Gasteiger partial charge is 0.483 e. The molecular weight excluding hydrogens is 454 g/mol. The monoisotopic (exact) mass is 491 g/mol. The predicted octanol–water partition coefficient (Wildman–Crippen LogP) is 5.81. The van der Waals surface area contributed by atoms with Gasteiger partial charge in [-0.3, -0.25) is 9.59 Å². The molecule has 1 saturated carbocycles. The van der Waals surface area contributed by atoms with Gasteiger partial charge in [-0.2, -0.15) is 0 Å². The molecule has 2 aromatic carbocycles. The fourth-order valence-corrected chi connectivity index (χ4v) is 5.90. The molecule has 1 aromatic heterocycles. The van der Waals surface area contributed by atoms with Crippen LogP contribution in [0.4, 0.5) is 5.69 Å². The van der Waals surface area contributed by atoms with Crippen molar-refractivity contribution in [1.82, 2.24) is 9.55 Å². The first-order valence-corrected chi connectivity index (χ1v) is 13.1. The van der Waals surface area contributed by atoms with E-state index in [1.807, 2.05) is 30.3 Å². The Hall–Kier alpha value is -3.35. The lowest BCUT2D eigenvalue weighted by Crippen LogP contribution is -2.33. The van der Waals surface area contributed by atoms with Crippen molar-refractivity contribution in [3.63, 3.8) is 0 Å². The quantitative estimate of drug-likeness (QED) is 0.345. The van der Waals surface area contributed by atoms with Crippen LogP contribution in [0.2, 0.25) is 0 Å². The van der Waals surface area contributed by atoms with Crippen LogP contribution in [0.1, 0.15) is 80.8 Å². The molecule has 5 rings (SSSR count). The Morgan fingerprint density at radius 2 is 1.75 bits per heavy atom. The molecule has 1 aliphatic heterocycles. The summed E-state index contributed by atoms with van der Waals surface area (Å²) in [5.41, 5.74) is 5.73. The summed E-state index contributed by atoms with van der Waals surface area (Å²) >= 11 is 0. The minimum atomic E-state index is -0.781. The third kappa shape index (κ3) is 5.25. The third-order valence-electron chi connectivity index (χ3n) is 7.95. The van der Waals surface area contributed by atoms with Gasteiger partial charge in [-0.1, -0.05) is 56.0 Å². The number of hydrogen-bond donors (Lipinski definition) is 2. The van der Waals surface area contributed by atoms with E-state index in [2.05, 4.69) is 35.6 Å². The number of carboxylic acids is 1. The molecule has 1 aliphatic carbocycles. The molecule has 7 nitrogen and oxygen atoms in total. The second-order valence-electron chi connectivity index (χ2n) is 10.1. The van der Waals surface area contributed by atoms with Crippen LogP contribution in [0, 0.1) is 0 Å². The van der Waals surface area contributed by atoms with Crippen LogP contribution < -0.4 is 4.90 Å². The highest BCUT2D eigenvalue weighted by Crippen LogP contribution is 2.39. The zero-order valence-electron chi connectivity index (χ0n) is 21.3. The topological polar surface area (TPSA) is 95.7 Å². The number of aliphatic carboxylic acids is 1. The Bertz CT molecular complexity index is 1180. The first-order valence-electron chi connectivity index (χ1n) is 13.1. The van der Waals surface area contributed by atoms with Crippen LogP contribution in [-0.2, 0) is 22.4 Å². The molecule has 36 heavy (non-hydrogen) atoms. The first kappa shape index (κ1) is 25.7. The number of aromatic nitrogens is 2. The van der Waals surface area contributed by atoms with Gasteiger partial charge < -0.3 is 19.7 Å². The molecule has 192 valence electrons. The smallest absolute Gasteiger partial charge is 0.311 e. The molecule has 2 aliphatic rings. The van der Waals surface area contributed by atoms with Crippen molar-refractivity contribution >= 4 is 29.2 Å². The maximum absolute atomic E-state index is 12.3. The molecule has 0 saturated heterocycles. The second-order valence-corrected chi connectivity index (χ2v) is 10.1. The fraction of sp³-hybridized carbons (Fsp3) is 0.483. The molecule has 3 aromatic rings. The summed E-state index contributed by atoms with van der Waals surface area (Å²) in [5, 5.41) is 17.0. The highest BCUT2D eigenvalue weighted by atomic mass is 16.4. The SMILES string of the molecule is CC1CCc2c(ccc3c2nc(CC(C(=O)O)c2ccccc2)n3C2CCCCCC2)N1C.O=CO. The minimum Gasteiger partial charge on any atom is -0.483 e. The van der Waals surface area contributed by atoms with Crippen molar-refractivity contribution in [2.45, 2.75) is 82.7 Å². The highest BCUT2D eigenvalue weighted by molar-refractivity contribution is 5.86. The van der Waals surface area contributed by atoms with Crippen molar-refractivity contribution in [3.05, 3.63) is 59.4 Å². The lowest BCUT2D eigenvalue weighted by Gasteiger charge is -2.34. The molecule has 1 fully saturated rings. The molecule has 2 unspecified atom stereocenters. The number of imidazole rings is 1. The van der Waals surface area contributed by atoms with Crippen LogP contribution in [0.25, 0.3) is 11.0 Å². The molecule has 0 spiro atoms. The number of anilines is 1. The molecule has 0 radical (unpaired) electrons. The average molecular weight is 492 g/mol. The zero-order chi connectivity index (χ0) is 25.7. The molecule has 2 heterocycles. The van der Waals surface area contributed by atoms with Crippen molar-refractivity contribution in [2.75, 3.05) is 11.9 Å². The lowest BCUT2D eigenvalue weighted by atomic mass is 9.95. The van der Waals surface area contributed by atoms with Crippen molar-refractivity contribution < 1.29 is 19.8 Å². The minimum absolute atomic E-state index is 0.250. The van der Waals surface area contributed by atoms with E-state index < -0.39 is 11.9 Å². The molecule has 2 N–H and O–H groups in total. The second kappa shape index (κ2) is 11.6. The molecule has 0 amide bonds. The Kier molecular flexibility index (Phi) is 8.28. The summed E-state index contributed by atoms with van der Waals surface area (Å²) in [5.74, 6) is -0.440. The van der Waals surface area contributed by atoms with Gasteiger partial charge >= 0.3 is 5.97 Å². The van der Waals surface area contributed by atoms with Gasteiger partial charge in [0.15, 0.2) is 0 Å². The summed E-state index contributed by atoms with van der Waals surface area (Å²) in [6, 6.07) is 15.1. The number of fused-ring (bicyclic) bond motifs is 3. The highest BCUT2D eigenvalue weighted by Gasteiger charge is 2.29. The molecular formula is C29H37N3O4. The van der Waals surface area contributed by atoms with Gasteiger partial charge in [-0.15, -0.1) is 0 Å². The first-order chi connectivity index (χ1) is 17.5. The van der Waals surface area contributed by atoms with Crippen molar-refractivity contribution in [2.24, 2.45) is 0 Å². The number of nitrogens with zero attached hydrogens (tertiary/aromatic N) is 3. The Morgan fingerprint density at radius 1 is 1.08 bits per heavy atom. The molecule has 0 bridgehead atoms. The van der Waals surface area contributed by atoms with Crippen LogP contribution in [0.15, 0.2) is 42.5 Å². The fourth-order valence-electron chi connectivity index (χ4n) is 5.90. The Morgan fingerprint density at radius 3 is 2.39 bits per heavy atom. The van der Waals surface area contributed by atoms with Gasteiger partial charge in [0.1, 0.15) is 5.82 Å². The normalized spacial score (nSPS) is 19.1. The van der Waals surface area contributed by atoms with E-state index in [0.29, 0.717) is 18.5 Å². The maximum atomic E-state index is 12.3. The number of benzene rings is 2. The van der Waals surface area contributed by atoms with Crippen LogP contribution in [0.5, 0.6) is 0 Å². The number of carbonyl (C=O) groups is 2. The van der Waals surface area contributed by atoms with Gasteiger partial charge in [-0.25, -0.2) is 4.98 Å². The van der Waals surface area contributed by atoms with Gasteiger partial charge in [0, 0.05) is 36.8 Å². The average Bonchev–Trinajstić information content (AvgIpc) is 3.03. The summed E-state index contributed by atoms with van der Waals surface area (Å²) < 4.78 is 2.43. The van der Waals surface area contributed by atoms with Crippen molar-refractivity contribution in [1.29, 1.82) is 0 Å². The number of rotatable bonds is 5. The van der Waals surface area contributed by atoms with Crippen LogP contribution in [-0.4, -0.2) is 45.3 Å². The van der Waals surface area contributed by atoms with Crippen LogP contribution >= 0.6 is 0 Å². The maximum Gasteiger partial charge on any atom is 0.311 e. The van der Waals surface area contributed by atoms with Crippen molar-refractivity contribution in [3.8, 4) is 0 Å². The predicted molar refractivity (Wildman–Crippen MR) is 142 cm³/mol. The number of aryl methyl sites for hydroxylation is 1. The molecule has 7 heteroatoms. The van der Waals surface area contributed by atoms with Gasteiger partial charge in [-0.05, 0) is 50.3 Å².